The van der Waals surface area contributed by atoms with Gasteiger partial charge in [-0.1, -0.05) is 36.4 Å². The number of rotatable bonds is 7. The smallest absolute Gasteiger partial charge is 0.295 e. The quantitative estimate of drug-likeness (QED) is 0.422. The fraction of sp³-hybridized carbons (Fsp3) is 0.211. The van der Waals surface area contributed by atoms with Crippen LogP contribution >= 0.6 is 0 Å². The molecule has 0 bridgehead atoms. The van der Waals surface area contributed by atoms with Crippen LogP contribution in [-0.4, -0.2) is 50.2 Å². The molecule has 3 rings (SSSR count). The molecule has 0 amide bonds. The summed E-state index contributed by atoms with van der Waals surface area (Å²) in [5.74, 6) is 0. The topological polar surface area (TPSA) is 114 Å². The van der Waals surface area contributed by atoms with Crippen LogP contribution in [0.4, 0.5) is 11.4 Å². The number of benzene rings is 2. The Hall–Kier alpha value is -3.08. The summed E-state index contributed by atoms with van der Waals surface area (Å²) in [6.07, 6.45) is 4.97. The van der Waals surface area contributed by atoms with Crippen molar-refractivity contribution in [3.63, 3.8) is 0 Å². The largest absolute Gasteiger partial charge is 0.379 e. The lowest BCUT2D eigenvalue weighted by Crippen LogP contribution is -2.40. The van der Waals surface area contributed by atoms with Crippen molar-refractivity contribution in [1.82, 2.24) is 4.31 Å². The summed E-state index contributed by atoms with van der Waals surface area (Å²) in [7, 11) is -3.82. The van der Waals surface area contributed by atoms with Crippen molar-refractivity contribution < 1.29 is 18.1 Å². The number of sulfonamides is 1. The number of ether oxygens (including phenoxy) is 1. The number of nitro groups is 1. The number of hydrazone groups is 1. The summed E-state index contributed by atoms with van der Waals surface area (Å²) in [5, 5.41) is 15.4. The molecule has 1 fully saturated rings. The highest BCUT2D eigenvalue weighted by molar-refractivity contribution is 7.89. The second kappa shape index (κ2) is 9.41. The third kappa shape index (κ3) is 5.25. The van der Waals surface area contributed by atoms with Crippen LogP contribution in [0.3, 0.4) is 0 Å². The lowest BCUT2D eigenvalue weighted by atomic mass is 10.2. The molecule has 10 heteroatoms. The fourth-order valence-electron chi connectivity index (χ4n) is 2.72. The Labute approximate surface area is 168 Å². The highest BCUT2D eigenvalue weighted by Gasteiger charge is 2.28. The third-order valence-corrected chi connectivity index (χ3v) is 6.10. The van der Waals surface area contributed by atoms with Gasteiger partial charge < -0.3 is 4.74 Å². The Bertz CT molecular complexity index is 1020. The minimum absolute atomic E-state index is 0.0975. The minimum atomic E-state index is -3.82. The van der Waals surface area contributed by atoms with Crippen molar-refractivity contribution in [3.05, 3.63) is 70.3 Å². The van der Waals surface area contributed by atoms with Crippen LogP contribution in [0, 0.1) is 10.1 Å². The number of nitrogens with zero attached hydrogens (tertiary/aromatic N) is 3. The molecule has 1 saturated heterocycles. The average molecular weight is 416 g/mol. The van der Waals surface area contributed by atoms with E-state index in [1.807, 2.05) is 36.4 Å². The van der Waals surface area contributed by atoms with Gasteiger partial charge in [0.05, 0.1) is 23.0 Å². The van der Waals surface area contributed by atoms with Gasteiger partial charge in [0.25, 0.3) is 5.69 Å². The van der Waals surface area contributed by atoms with Crippen LogP contribution in [-0.2, 0) is 14.8 Å². The van der Waals surface area contributed by atoms with E-state index in [1.165, 1.54) is 22.7 Å². The van der Waals surface area contributed by atoms with Gasteiger partial charge >= 0.3 is 0 Å². The zero-order valence-corrected chi connectivity index (χ0v) is 16.3. The van der Waals surface area contributed by atoms with Crippen LogP contribution in [0.15, 0.2) is 64.6 Å². The van der Waals surface area contributed by atoms with Crippen LogP contribution in [0.2, 0.25) is 0 Å². The molecule has 1 aliphatic heterocycles. The molecular formula is C19H20N4O5S. The first-order chi connectivity index (χ1) is 14.0. The molecule has 1 aliphatic rings. The lowest BCUT2D eigenvalue weighted by molar-refractivity contribution is -0.384. The highest BCUT2D eigenvalue weighted by Crippen LogP contribution is 2.29. The Balaban J connectivity index is 1.75. The Morgan fingerprint density at radius 3 is 2.55 bits per heavy atom. The zero-order chi connectivity index (χ0) is 20.7. The molecule has 152 valence electrons. The van der Waals surface area contributed by atoms with E-state index in [1.54, 1.807) is 6.08 Å². The van der Waals surface area contributed by atoms with E-state index < -0.39 is 14.9 Å². The Morgan fingerprint density at radius 1 is 1.14 bits per heavy atom. The van der Waals surface area contributed by atoms with Crippen LogP contribution in [0.5, 0.6) is 0 Å². The lowest BCUT2D eigenvalue weighted by Gasteiger charge is -2.26. The van der Waals surface area contributed by atoms with Crippen molar-refractivity contribution in [2.24, 2.45) is 5.10 Å². The average Bonchev–Trinajstić information content (AvgIpc) is 2.74. The molecule has 2 aromatic carbocycles. The van der Waals surface area contributed by atoms with Gasteiger partial charge in [-0.25, -0.2) is 8.42 Å². The fourth-order valence-corrected chi connectivity index (χ4v) is 4.15. The van der Waals surface area contributed by atoms with Crippen LogP contribution in [0.1, 0.15) is 5.56 Å². The number of hydrogen-bond acceptors (Lipinski definition) is 7. The van der Waals surface area contributed by atoms with E-state index in [4.69, 9.17) is 4.74 Å². The first-order valence-electron chi connectivity index (χ1n) is 8.85. The number of allylic oxidation sites excluding steroid dienone is 1. The van der Waals surface area contributed by atoms with Gasteiger partial charge in [-0.2, -0.15) is 9.41 Å². The van der Waals surface area contributed by atoms with Gasteiger partial charge in [-0.05, 0) is 23.8 Å². The second-order valence-electron chi connectivity index (χ2n) is 6.11. The molecule has 9 nitrogen and oxygen atoms in total. The molecule has 0 saturated carbocycles. The molecule has 0 unspecified atom stereocenters. The maximum Gasteiger partial charge on any atom is 0.295 e. The van der Waals surface area contributed by atoms with Gasteiger partial charge in [0, 0.05) is 25.4 Å². The van der Waals surface area contributed by atoms with Gasteiger partial charge in [0.2, 0.25) is 10.0 Å². The molecule has 29 heavy (non-hydrogen) atoms. The third-order valence-electron chi connectivity index (χ3n) is 4.21. The number of nitro benzene ring substituents is 1. The van der Waals surface area contributed by atoms with Crippen LogP contribution in [0.25, 0.3) is 6.08 Å². The zero-order valence-electron chi connectivity index (χ0n) is 15.5. The van der Waals surface area contributed by atoms with Gasteiger partial charge in [-0.15, -0.1) is 0 Å². The van der Waals surface area contributed by atoms with E-state index in [0.29, 0.717) is 13.2 Å². The highest BCUT2D eigenvalue weighted by atomic mass is 32.2. The summed E-state index contributed by atoms with van der Waals surface area (Å²) in [6.45, 7) is 1.03. The van der Waals surface area contributed by atoms with Crippen LogP contribution < -0.4 is 5.43 Å². The molecule has 0 radical (unpaired) electrons. The monoisotopic (exact) mass is 416 g/mol. The Morgan fingerprint density at radius 2 is 1.86 bits per heavy atom. The molecule has 2 aromatic rings. The molecular weight excluding hydrogens is 396 g/mol. The summed E-state index contributed by atoms with van der Waals surface area (Å²) < 4.78 is 31.8. The minimum Gasteiger partial charge on any atom is -0.379 e. The van der Waals surface area contributed by atoms with Gasteiger partial charge in [0.1, 0.15) is 5.69 Å². The van der Waals surface area contributed by atoms with E-state index in [0.717, 1.165) is 11.6 Å². The van der Waals surface area contributed by atoms with Crippen molar-refractivity contribution in [1.29, 1.82) is 0 Å². The summed E-state index contributed by atoms with van der Waals surface area (Å²) in [6, 6.07) is 13.3. The van der Waals surface area contributed by atoms with Gasteiger partial charge in [0.15, 0.2) is 0 Å². The predicted octanol–water partition coefficient (Wildman–Crippen LogP) is 2.73. The van der Waals surface area contributed by atoms with E-state index >= 15 is 0 Å². The SMILES string of the molecule is O=[N+]([O-])c1cc(S(=O)(=O)N2CCOCC2)ccc1N/N=C/C=C/c1ccccc1. The van der Waals surface area contributed by atoms with Crippen molar-refractivity contribution in [3.8, 4) is 0 Å². The van der Waals surface area contributed by atoms with E-state index in [9.17, 15) is 18.5 Å². The molecule has 0 aliphatic carbocycles. The summed E-state index contributed by atoms with van der Waals surface area (Å²) >= 11 is 0. The number of morpholine rings is 1. The van der Waals surface area contributed by atoms with Crippen molar-refractivity contribution in [2.75, 3.05) is 31.7 Å². The molecule has 1 heterocycles. The molecule has 0 atom stereocenters. The molecule has 0 aromatic heterocycles. The molecule has 0 spiro atoms. The summed E-state index contributed by atoms with van der Waals surface area (Å²) in [4.78, 5) is 10.6. The summed E-state index contributed by atoms with van der Waals surface area (Å²) in [5.41, 5.74) is 3.30. The maximum atomic E-state index is 12.7. The number of nitrogens with one attached hydrogen (secondary N) is 1. The number of anilines is 1. The second-order valence-corrected chi connectivity index (χ2v) is 8.05. The number of hydrogen-bond donors (Lipinski definition) is 1. The Kier molecular flexibility index (Phi) is 6.70. The normalized spacial score (nSPS) is 15.7. The standard InChI is InChI=1S/C19H20N4O5S/c24-23(25)19-15-17(29(26,27)22-11-13-28-14-12-22)8-9-18(19)21-20-10-4-7-16-5-2-1-3-6-16/h1-10,15,21H,11-14H2/b7-4+,20-10+. The van der Waals surface area contributed by atoms with E-state index in [-0.39, 0.29) is 29.4 Å². The van der Waals surface area contributed by atoms with Crippen molar-refractivity contribution >= 4 is 33.7 Å². The first kappa shape index (κ1) is 20.6. The van der Waals surface area contributed by atoms with E-state index in [2.05, 4.69) is 10.5 Å². The maximum absolute atomic E-state index is 12.7. The van der Waals surface area contributed by atoms with Crippen molar-refractivity contribution in [2.45, 2.75) is 4.90 Å². The van der Waals surface area contributed by atoms with Gasteiger partial charge in [-0.3, -0.25) is 15.5 Å². The molecule has 1 N–H and O–H groups in total. The predicted molar refractivity (Wildman–Crippen MR) is 110 cm³/mol. The first-order valence-corrected chi connectivity index (χ1v) is 10.3.